The second-order valence-corrected chi connectivity index (χ2v) is 7.28. The Balaban J connectivity index is 0.00000104. The Morgan fingerprint density at radius 1 is 1.33 bits per heavy atom. The summed E-state index contributed by atoms with van der Waals surface area (Å²) in [5, 5.41) is 7.58. The lowest BCUT2D eigenvalue weighted by atomic mass is 9.98. The molecule has 2 aromatic rings. The lowest BCUT2D eigenvalue weighted by molar-refractivity contribution is -0.120. The SMILES string of the molecule is Cl.Cl.O=C(NCC1CCNCC1)C1Cc2cnc3cccc(n23)S1. The number of nitrogens with zero attached hydrogens (tertiary/aromatic N) is 2. The monoisotopic (exact) mass is 388 g/mol. The Morgan fingerprint density at radius 3 is 2.92 bits per heavy atom. The number of carbonyl (C=O) groups excluding carboxylic acids is 1. The summed E-state index contributed by atoms with van der Waals surface area (Å²) in [6.07, 6.45) is 4.96. The minimum Gasteiger partial charge on any atom is -0.355 e. The van der Waals surface area contributed by atoms with Gasteiger partial charge in [0, 0.05) is 24.9 Å². The molecule has 8 heteroatoms. The van der Waals surface area contributed by atoms with Crippen molar-refractivity contribution < 1.29 is 4.79 Å². The van der Waals surface area contributed by atoms with E-state index in [4.69, 9.17) is 0 Å². The molecule has 2 aliphatic rings. The van der Waals surface area contributed by atoms with E-state index in [1.54, 1.807) is 11.8 Å². The molecule has 1 fully saturated rings. The Hall–Kier alpha value is -0.950. The van der Waals surface area contributed by atoms with Crippen molar-refractivity contribution in [1.29, 1.82) is 0 Å². The first kappa shape index (κ1) is 19.4. The summed E-state index contributed by atoms with van der Waals surface area (Å²) in [6, 6.07) is 6.07. The maximum absolute atomic E-state index is 12.5. The second-order valence-electron chi connectivity index (χ2n) is 6.06. The Kier molecular flexibility index (Phi) is 6.80. The van der Waals surface area contributed by atoms with Gasteiger partial charge in [-0.2, -0.15) is 0 Å². The largest absolute Gasteiger partial charge is 0.355 e. The zero-order valence-corrected chi connectivity index (χ0v) is 15.7. The fourth-order valence-electron chi connectivity index (χ4n) is 3.27. The van der Waals surface area contributed by atoms with Crippen LogP contribution >= 0.6 is 36.6 Å². The van der Waals surface area contributed by atoms with Crippen molar-refractivity contribution in [3.63, 3.8) is 0 Å². The number of halogens is 2. The van der Waals surface area contributed by atoms with Crippen LogP contribution in [0, 0.1) is 5.92 Å². The molecule has 1 atom stereocenters. The van der Waals surface area contributed by atoms with Crippen LogP contribution in [0.5, 0.6) is 0 Å². The normalized spacial score (nSPS) is 20.1. The number of amides is 1. The van der Waals surface area contributed by atoms with Gasteiger partial charge in [-0.15, -0.1) is 24.8 Å². The molecule has 2 N–H and O–H groups in total. The fourth-order valence-corrected chi connectivity index (χ4v) is 4.48. The van der Waals surface area contributed by atoms with E-state index >= 15 is 0 Å². The van der Waals surface area contributed by atoms with E-state index < -0.39 is 0 Å². The summed E-state index contributed by atoms with van der Waals surface area (Å²) < 4.78 is 2.15. The molecule has 4 rings (SSSR count). The number of aromatic nitrogens is 2. The van der Waals surface area contributed by atoms with Crippen LogP contribution in [0.2, 0.25) is 0 Å². The van der Waals surface area contributed by atoms with Gasteiger partial charge in [0.2, 0.25) is 5.91 Å². The van der Waals surface area contributed by atoms with E-state index in [2.05, 4.69) is 26.1 Å². The summed E-state index contributed by atoms with van der Waals surface area (Å²) in [6.45, 7) is 2.95. The summed E-state index contributed by atoms with van der Waals surface area (Å²) in [4.78, 5) is 16.9. The summed E-state index contributed by atoms with van der Waals surface area (Å²) in [5.41, 5.74) is 2.10. The van der Waals surface area contributed by atoms with Crippen molar-refractivity contribution in [2.45, 2.75) is 29.5 Å². The molecule has 5 nitrogen and oxygen atoms in total. The van der Waals surface area contributed by atoms with Crippen molar-refractivity contribution >= 4 is 48.1 Å². The van der Waals surface area contributed by atoms with Crippen LogP contribution in [0.4, 0.5) is 0 Å². The molecule has 4 heterocycles. The number of hydrogen-bond acceptors (Lipinski definition) is 4. The van der Waals surface area contributed by atoms with Crippen LogP contribution in [0.1, 0.15) is 18.5 Å². The third-order valence-corrected chi connectivity index (χ3v) is 5.77. The van der Waals surface area contributed by atoms with Crippen LogP contribution in [-0.2, 0) is 11.2 Å². The molecule has 132 valence electrons. The highest BCUT2D eigenvalue weighted by molar-refractivity contribution is 8.00. The van der Waals surface area contributed by atoms with Gasteiger partial charge >= 0.3 is 0 Å². The molecule has 0 spiro atoms. The number of nitrogens with one attached hydrogen (secondary N) is 2. The van der Waals surface area contributed by atoms with Gasteiger partial charge in [-0.3, -0.25) is 9.20 Å². The maximum atomic E-state index is 12.5. The summed E-state index contributed by atoms with van der Waals surface area (Å²) in [7, 11) is 0. The average molecular weight is 389 g/mol. The highest BCUT2D eigenvalue weighted by atomic mass is 35.5. The predicted octanol–water partition coefficient (Wildman–Crippen LogP) is 2.31. The maximum Gasteiger partial charge on any atom is 0.233 e. The number of thioether (sulfide) groups is 1. The van der Waals surface area contributed by atoms with Crippen molar-refractivity contribution in [3.05, 3.63) is 30.1 Å². The van der Waals surface area contributed by atoms with Gasteiger partial charge in [-0.05, 0) is 44.0 Å². The molecule has 1 unspecified atom stereocenters. The number of carbonyl (C=O) groups is 1. The molecule has 1 saturated heterocycles. The van der Waals surface area contributed by atoms with Crippen LogP contribution < -0.4 is 10.6 Å². The first-order chi connectivity index (χ1) is 10.8. The minimum atomic E-state index is -0.0449. The van der Waals surface area contributed by atoms with Crippen molar-refractivity contribution in [1.82, 2.24) is 20.0 Å². The first-order valence-corrected chi connectivity index (χ1v) is 8.79. The fraction of sp³-hybridized carbons (Fsp3) is 0.500. The van der Waals surface area contributed by atoms with Crippen molar-refractivity contribution in [3.8, 4) is 0 Å². The van der Waals surface area contributed by atoms with Gasteiger partial charge < -0.3 is 10.6 Å². The minimum absolute atomic E-state index is 0. The van der Waals surface area contributed by atoms with Gasteiger partial charge in [0.25, 0.3) is 0 Å². The Bertz CT molecular complexity index is 702. The smallest absolute Gasteiger partial charge is 0.233 e. The molecular weight excluding hydrogens is 367 g/mol. The van der Waals surface area contributed by atoms with E-state index in [1.165, 1.54) is 0 Å². The molecule has 0 radical (unpaired) electrons. The molecule has 1 amide bonds. The van der Waals surface area contributed by atoms with Gasteiger partial charge in [-0.25, -0.2) is 4.98 Å². The average Bonchev–Trinajstić information content (AvgIpc) is 2.98. The van der Waals surface area contributed by atoms with E-state index in [0.29, 0.717) is 5.92 Å². The molecule has 0 aliphatic carbocycles. The number of imidazole rings is 1. The molecule has 24 heavy (non-hydrogen) atoms. The van der Waals surface area contributed by atoms with E-state index in [1.807, 2.05) is 18.3 Å². The zero-order valence-electron chi connectivity index (χ0n) is 13.2. The number of hydrogen-bond donors (Lipinski definition) is 2. The van der Waals surface area contributed by atoms with Crippen LogP contribution in [-0.4, -0.2) is 40.2 Å². The third-order valence-electron chi connectivity index (χ3n) is 4.54. The van der Waals surface area contributed by atoms with Gasteiger partial charge in [-0.1, -0.05) is 17.8 Å². The molecule has 2 aliphatic heterocycles. The summed E-state index contributed by atoms with van der Waals surface area (Å²) >= 11 is 1.65. The number of piperidine rings is 1. The van der Waals surface area contributed by atoms with E-state index in [-0.39, 0.29) is 36.0 Å². The highest BCUT2D eigenvalue weighted by Gasteiger charge is 2.28. The van der Waals surface area contributed by atoms with Gasteiger partial charge in [0.1, 0.15) is 5.65 Å². The topological polar surface area (TPSA) is 58.4 Å². The van der Waals surface area contributed by atoms with Gasteiger partial charge in [0.05, 0.1) is 10.3 Å². The number of pyridine rings is 1. The highest BCUT2D eigenvalue weighted by Crippen LogP contribution is 2.32. The Morgan fingerprint density at radius 2 is 2.12 bits per heavy atom. The molecule has 0 saturated carbocycles. The van der Waals surface area contributed by atoms with Crippen LogP contribution in [0.3, 0.4) is 0 Å². The van der Waals surface area contributed by atoms with Crippen molar-refractivity contribution in [2.24, 2.45) is 5.92 Å². The van der Waals surface area contributed by atoms with E-state index in [9.17, 15) is 4.79 Å². The van der Waals surface area contributed by atoms with Gasteiger partial charge in [0.15, 0.2) is 0 Å². The third kappa shape index (κ3) is 3.82. The molecule has 2 aromatic heterocycles. The summed E-state index contributed by atoms with van der Waals surface area (Å²) in [5.74, 6) is 0.778. The van der Waals surface area contributed by atoms with Crippen LogP contribution in [0.25, 0.3) is 5.65 Å². The number of rotatable bonds is 3. The van der Waals surface area contributed by atoms with Crippen molar-refractivity contribution in [2.75, 3.05) is 19.6 Å². The molecule has 0 aromatic carbocycles. The quantitative estimate of drug-likeness (QED) is 0.846. The first-order valence-electron chi connectivity index (χ1n) is 7.92. The van der Waals surface area contributed by atoms with E-state index in [0.717, 1.165) is 55.3 Å². The molecule has 0 bridgehead atoms. The standard InChI is InChI=1S/C16H20N4OS.2ClH/c21-16(19-9-11-4-6-17-7-5-11)13-8-12-10-18-14-2-1-3-15(22-13)20(12)14;;/h1-3,10-11,13,17H,4-9H2,(H,19,21);2*1H. The van der Waals surface area contributed by atoms with Crippen LogP contribution in [0.15, 0.2) is 29.4 Å². The lowest BCUT2D eigenvalue weighted by Crippen LogP contribution is -2.40. The predicted molar refractivity (Wildman–Crippen MR) is 102 cm³/mol. The molecular formula is C16H22Cl2N4OS. The second kappa shape index (κ2) is 8.43. The zero-order chi connectivity index (χ0) is 14.9. The lowest BCUT2D eigenvalue weighted by Gasteiger charge is -2.25. The Labute approximate surface area is 158 Å².